The summed E-state index contributed by atoms with van der Waals surface area (Å²) in [6, 6.07) is 6.41. The molecule has 0 radical (unpaired) electrons. The number of morpholine rings is 1. The fraction of sp³-hybridized carbons (Fsp3) is 0.600. The van der Waals surface area contributed by atoms with Gasteiger partial charge < -0.3 is 15.0 Å². The molecule has 4 rings (SSSR count). The SMILES string of the molecule is CC(C)(CNC(=O)[C@@H]1CCCN1C1=NS(=O)(=O)c2ccccc21)N1CCOCC1. The molecule has 1 atom stereocenters. The highest BCUT2D eigenvalue weighted by Gasteiger charge is 2.39. The van der Waals surface area contributed by atoms with E-state index in [1.807, 2.05) is 4.90 Å². The van der Waals surface area contributed by atoms with E-state index in [1.165, 1.54) is 0 Å². The van der Waals surface area contributed by atoms with Crippen molar-refractivity contribution >= 4 is 21.8 Å². The molecule has 2 fully saturated rings. The van der Waals surface area contributed by atoms with Crippen molar-refractivity contribution in [2.24, 2.45) is 4.40 Å². The van der Waals surface area contributed by atoms with Gasteiger partial charge in [-0.3, -0.25) is 9.69 Å². The highest BCUT2D eigenvalue weighted by molar-refractivity contribution is 7.90. The number of hydrogen-bond acceptors (Lipinski definition) is 6. The Kier molecular flexibility index (Phi) is 5.39. The molecule has 0 aliphatic carbocycles. The second-order valence-electron chi connectivity index (χ2n) is 8.37. The molecule has 8 nitrogen and oxygen atoms in total. The number of likely N-dealkylation sites (tertiary alicyclic amines) is 1. The average molecular weight is 421 g/mol. The van der Waals surface area contributed by atoms with Gasteiger partial charge in [-0.25, -0.2) is 0 Å². The molecule has 1 amide bonds. The van der Waals surface area contributed by atoms with Crippen molar-refractivity contribution in [3.8, 4) is 0 Å². The van der Waals surface area contributed by atoms with E-state index < -0.39 is 16.1 Å². The Morgan fingerprint density at radius 2 is 1.97 bits per heavy atom. The lowest BCUT2D eigenvalue weighted by Gasteiger charge is -2.41. The van der Waals surface area contributed by atoms with Crippen LogP contribution in [0.3, 0.4) is 0 Å². The summed E-state index contributed by atoms with van der Waals surface area (Å²) in [4.78, 5) is 17.4. The van der Waals surface area contributed by atoms with Crippen LogP contribution in [-0.4, -0.2) is 80.9 Å². The molecule has 1 aromatic rings. The van der Waals surface area contributed by atoms with Crippen LogP contribution in [0, 0.1) is 0 Å². The van der Waals surface area contributed by atoms with Gasteiger partial charge in [0.1, 0.15) is 10.9 Å². The number of amidine groups is 1. The van der Waals surface area contributed by atoms with Crippen molar-refractivity contribution in [2.75, 3.05) is 39.4 Å². The molecule has 3 aliphatic rings. The van der Waals surface area contributed by atoms with Crippen LogP contribution in [0.15, 0.2) is 33.6 Å². The zero-order valence-corrected chi connectivity index (χ0v) is 17.7. The molecule has 158 valence electrons. The fourth-order valence-electron chi connectivity index (χ4n) is 4.29. The number of rotatable bonds is 4. The van der Waals surface area contributed by atoms with Crippen LogP contribution in [0.1, 0.15) is 32.3 Å². The Bertz CT molecular complexity index is 922. The molecule has 0 spiro atoms. The van der Waals surface area contributed by atoms with E-state index in [0.717, 1.165) is 19.5 Å². The summed E-state index contributed by atoms with van der Waals surface area (Å²) < 4.78 is 34.2. The standard InChI is InChI=1S/C20H28N4O4S/c1-20(2,23-10-12-28-13-11-23)14-21-19(25)16-7-5-9-24(16)18-15-6-3-4-8-17(15)29(26,27)22-18/h3-4,6,8,16H,5,7,9-14H2,1-2H3,(H,21,25)/t16-/m0/s1. The number of benzene rings is 1. The minimum atomic E-state index is -3.70. The third-order valence-corrected chi connectivity index (χ3v) is 7.33. The van der Waals surface area contributed by atoms with Crippen molar-refractivity contribution in [2.45, 2.75) is 43.2 Å². The molecule has 3 heterocycles. The predicted octanol–water partition coefficient (Wildman–Crippen LogP) is 0.827. The quantitative estimate of drug-likeness (QED) is 0.776. The summed E-state index contributed by atoms with van der Waals surface area (Å²) in [6.07, 6.45) is 1.51. The molecule has 2 saturated heterocycles. The summed E-state index contributed by atoms with van der Waals surface area (Å²) in [6.45, 7) is 8.51. The number of hydrogen-bond donors (Lipinski definition) is 1. The Hall–Kier alpha value is -1.97. The lowest BCUT2D eigenvalue weighted by molar-refractivity contribution is -0.125. The zero-order valence-electron chi connectivity index (χ0n) is 16.9. The highest BCUT2D eigenvalue weighted by Crippen LogP contribution is 2.31. The minimum Gasteiger partial charge on any atom is -0.379 e. The lowest BCUT2D eigenvalue weighted by atomic mass is 10.0. The van der Waals surface area contributed by atoms with Crippen LogP contribution in [0.5, 0.6) is 0 Å². The Morgan fingerprint density at radius 1 is 1.24 bits per heavy atom. The summed E-state index contributed by atoms with van der Waals surface area (Å²) in [5, 5.41) is 3.09. The van der Waals surface area contributed by atoms with E-state index in [4.69, 9.17) is 4.74 Å². The van der Waals surface area contributed by atoms with Gasteiger partial charge in [-0.05, 0) is 38.8 Å². The summed E-state index contributed by atoms with van der Waals surface area (Å²) in [5.74, 6) is 0.319. The maximum Gasteiger partial charge on any atom is 0.285 e. The third kappa shape index (κ3) is 3.91. The fourth-order valence-corrected chi connectivity index (χ4v) is 5.51. The van der Waals surface area contributed by atoms with E-state index in [1.54, 1.807) is 24.3 Å². The van der Waals surface area contributed by atoms with Crippen LogP contribution in [0.4, 0.5) is 0 Å². The molecule has 29 heavy (non-hydrogen) atoms. The van der Waals surface area contributed by atoms with Gasteiger partial charge in [0.2, 0.25) is 5.91 Å². The maximum absolute atomic E-state index is 13.0. The van der Waals surface area contributed by atoms with E-state index in [2.05, 4.69) is 28.5 Å². The molecule has 0 unspecified atom stereocenters. The van der Waals surface area contributed by atoms with E-state index in [-0.39, 0.29) is 16.3 Å². The van der Waals surface area contributed by atoms with Crippen LogP contribution < -0.4 is 5.32 Å². The average Bonchev–Trinajstić information content (AvgIpc) is 3.30. The first kappa shape index (κ1) is 20.3. The first-order valence-corrected chi connectivity index (χ1v) is 11.6. The topological polar surface area (TPSA) is 91.3 Å². The first-order valence-electron chi connectivity index (χ1n) is 10.1. The number of sulfonamides is 1. The number of ether oxygens (including phenoxy) is 1. The second-order valence-corrected chi connectivity index (χ2v) is 9.94. The van der Waals surface area contributed by atoms with Gasteiger partial charge in [0.25, 0.3) is 10.0 Å². The lowest BCUT2D eigenvalue weighted by Crippen LogP contribution is -2.57. The highest BCUT2D eigenvalue weighted by atomic mass is 32.2. The minimum absolute atomic E-state index is 0.0756. The normalized spacial score (nSPS) is 24.3. The molecule has 0 aromatic heterocycles. The monoisotopic (exact) mass is 420 g/mol. The van der Waals surface area contributed by atoms with Gasteiger partial charge in [-0.1, -0.05) is 12.1 Å². The summed E-state index contributed by atoms with van der Waals surface area (Å²) >= 11 is 0. The van der Waals surface area contributed by atoms with E-state index >= 15 is 0 Å². The Balaban J connectivity index is 1.47. The van der Waals surface area contributed by atoms with Crippen molar-refractivity contribution in [1.82, 2.24) is 15.1 Å². The number of nitrogens with zero attached hydrogens (tertiary/aromatic N) is 3. The number of fused-ring (bicyclic) bond motifs is 1. The maximum atomic E-state index is 13.0. The first-order chi connectivity index (χ1) is 13.8. The molecule has 9 heteroatoms. The molecule has 0 saturated carbocycles. The van der Waals surface area contributed by atoms with Crippen molar-refractivity contribution < 1.29 is 17.9 Å². The number of amides is 1. The van der Waals surface area contributed by atoms with Gasteiger partial charge >= 0.3 is 0 Å². The number of nitrogens with one attached hydrogen (secondary N) is 1. The molecule has 0 bridgehead atoms. The molecular weight excluding hydrogens is 392 g/mol. The number of carbonyl (C=O) groups excluding carboxylic acids is 1. The smallest absolute Gasteiger partial charge is 0.285 e. The van der Waals surface area contributed by atoms with Gasteiger partial charge in [0, 0.05) is 37.3 Å². The van der Waals surface area contributed by atoms with Crippen LogP contribution in [0.2, 0.25) is 0 Å². The summed E-state index contributed by atoms with van der Waals surface area (Å²) in [5.41, 5.74) is 0.407. The molecular formula is C20H28N4O4S. The van der Waals surface area contributed by atoms with Crippen molar-refractivity contribution in [3.05, 3.63) is 29.8 Å². The van der Waals surface area contributed by atoms with Crippen LogP contribution in [-0.2, 0) is 19.6 Å². The van der Waals surface area contributed by atoms with Gasteiger partial charge in [0.05, 0.1) is 13.2 Å². The molecule has 3 aliphatic heterocycles. The third-order valence-electron chi connectivity index (χ3n) is 6.00. The molecule has 1 N–H and O–H groups in total. The van der Waals surface area contributed by atoms with Crippen LogP contribution >= 0.6 is 0 Å². The Morgan fingerprint density at radius 3 is 2.72 bits per heavy atom. The van der Waals surface area contributed by atoms with E-state index in [9.17, 15) is 13.2 Å². The largest absolute Gasteiger partial charge is 0.379 e. The Labute approximate surface area is 172 Å². The zero-order chi connectivity index (χ0) is 20.6. The van der Waals surface area contributed by atoms with Gasteiger partial charge in [-0.15, -0.1) is 4.40 Å². The van der Waals surface area contributed by atoms with E-state index in [0.29, 0.717) is 44.1 Å². The van der Waals surface area contributed by atoms with Crippen molar-refractivity contribution in [3.63, 3.8) is 0 Å². The van der Waals surface area contributed by atoms with Crippen molar-refractivity contribution in [1.29, 1.82) is 0 Å². The second kappa shape index (κ2) is 7.70. The predicted molar refractivity (Wildman–Crippen MR) is 109 cm³/mol. The van der Waals surface area contributed by atoms with Gasteiger partial charge in [-0.2, -0.15) is 8.42 Å². The summed E-state index contributed by atoms with van der Waals surface area (Å²) in [7, 11) is -3.70. The number of carbonyl (C=O) groups is 1. The van der Waals surface area contributed by atoms with Crippen LogP contribution in [0.25, 0.3) is 0 Å². The van der Waals surface area contributed by atoms with Gasteiger partial charge in [0.15, 0.2) is 5.84 Å². The molecule has 1 aromatic carbocycles.